The molecule has 1 aromatic rings. The van der Waals surface area contributed by atoms with Gasteiger partial charge < -0.3 is 10.1 Å². The van der Waals surface area contributed by atoms with E-state index in [4.69, 9.17) is 16.3 Å². The van der Waals surface area contributed by atoms with E-state index in [0.29, 0.717) is 18.3 Å². The fraction of sp³-hybridized carbons (Fsp3) is 0.692. The first-order valence-electron chi connectivity index (χ1n) is 6.25. The topological polar surface area (TPSA) is 47.0 Å². The largest absolute Gasteiger partial charge is 0.374 e. The molecule has 0 bridgehead atoms. The van der Waals surface area contributed by atoms with E-state index in [-0.39, 0.29) is 11.5 Å². The molecule has 0 radical (unpaired) electrons. The lowest BCUT2D eigenvalue weighted by Crippen LogP contribution is -2.34. The first-order chi connectivity index (χ1) is 8.37. The quantitative estimate of drug-likeness (QED) is 0.805. The van der Waals surface area contributed by atoms with Crippen molar-refractivity contribution in [2.75, 3.05) is 18.5 Å². The summed E-state index contributed by atoms with van der Waals surface area (Å²) in [6.07, 6.45) is 1.48. The van der Waals surface area contributed by atoms with Crippen molar-refractivity contribution in [3.8, 4) is 0 Å². The van der Waals surface area contributed by atoms with Crippen molar-refractivity contribution in [1.82, 2.24) is 9.97 Å². The van der Waals surface area contributed by atoms with E-state index in [9.17, 15) is 0 Å². The van der Waals surface area contributed by atoms with E-state index in [2.05, 4.69) is 29.1 Å². The van der Waals surface area contributed by atoms with Crippen LogP contribution in [0.25, 0.3) is 0 Å². The highest BCUT2D eigenvalue weighted by Gasteiger charge is 2.20. The van der Waals surface area contributed by atoms with E-state index in [0.717, 1.165) is 11.4 Å². The molecule has 0 aliphatic rings. The Balaban J connectivity index is 2.82. The first kappa shape index (κ1) is 15.2. The summed E-state index contributed by atoms with van der Waals surface area (Å²) in [7, 11) is 0. The maximum atomic E-state index is 6.11. The number of nitrogens with zero attached hydrogens (tertiary/aromatic N) is 2. The monoisotopic (exact) mass is 271 g/mol. The molecule has 1 aromatic heterocycles. The Hall–Kier alpha value is -0.870. The van der Waals surface area contributed by atoms with Gasteiger partial charge >= 0.3 is 0 Å². The predicted octanol–water partition coefficient (Wildman–Crippen LogP) is 3.48. The van der Waals surface area contributed by atoms with Crippen LogP contribution in [0, 0.1) is 0 Å². The van der Waals surface area contributed by atoms with E-state index in [1.165, 1.54) is 6.33 Å². The Bertz CT molecular complexity index is 394. The van der Waals surface area contributed by atoms with Gasteiger partial charge in [0, 0.05) is 18.7 Å². The molecule has 1 rings (SSSR count). The number of nitrogens with one attached hydrogen (secondary N) is 1. The number of anilines is 1. The molecular formula is C13H22ClN3O. The summed E-state index contributed by atoms with van der Waals surface area (Å²) in [5, 5.41) is 3.81. The molecule has 4 nitrogen and oxygen atoms in total. The molecule has 0 spiro atoms. The summed E-state index contributed by atoms with van der Waals surface area (Å²) < 4.78 is 5.64. The van der Waals surface area contributed by atoms with Crippen LogP contribution in [0.5, 0.6) is 0 Å². The zero-order valence-electron chi connectivity index (χ0n) is 11.7. The van der Waals surface area contributed by atoms with Gasteiger partial charge in [0.1, 0.15) is 17.3 Å². The summed E-state index contributed by atoms with van der Waals surface area (Å²) in [6, 6.07) is 0. The van der Waals surface area contributed by atoms with Gasteiger partial charge in [-0.3, -0.25) is 0 Å². The van der Waals surface area contributed by atoms with Gasteiger partial charge in [0.05, 0.1) is 5.60 Å². The van der Waals surface area contributed by atoms with Gasteiger partial charge in [-0.1, -0.05) is 25.4 Å². The minimum atomic E-state index is -0.236. The van der Waals surface area contributed by atoms with Crippen molar-refractivity contribution >= 4 is 17.4 Å². The highest BCUT2D eigenvalue weighted by atomic mass is 35.5. The standard InChI is InChI=1S/C13H22ClN3O/c1-6-18-13(4,5)7-15-12-10(9(2)3)11(14)16-8-17-12/h8-9H,6-7H2,1-5H3,(H,15,16,17). The second-order valence-electron chi connectivity index (χ2n) is 5.13. The Morgan fingerprint density at radius 2 is 2.06 bits per heavy atom. The van der Waals surface area contributed by atoms with Gasteiger partial charge in [0.15, 0.2) is 0 Å². The molecule has 0 aliphatic heterocycles. The van der Waals surface area contributed by atoms with E-state index >= 15 is 0 Å². The molecule has 0 fully saturated rings. The minimum Gasteiger partial charge on any atom is -0.374 e. The molecule has 0 unspecified atom stereocenters. The number of hydrogen-bond donors (Lipinski definition) is 1. The fourth-order valence-electron chi connectivity index (χ4n) is 1.76. The lowest BCUT2D eigenvalue weighted by atomic mass is 10.1. The molecule has 0 aromatic carbocycles. The summed E-state index contributed by atoms with van der Waals surface area (Å²) in [6.45, 7) is 11.6. The molecule has 0 atom stereocenters. The molecule has 1 N–H and O–H groups in total. The van der Waals surface area contributed by atoms with Crippen LogP contribution < -0.4 is 5.32 Å². The first-order valence-corrected chi connectivity index (χ1v) is 6.63. The van der Waals surface area contributed by atoms with Gasteiger partial charge in [-0.05, 0) is 26.7 Å². The van der Waals surface area contributed by atoms with Crippen molar-refractivity contribution in [2.24, 2.45) is 0 Å². The lowest BCUT2D eigenvalue weighted by molar-refractivity contribution is 0.000626. The molecule has 1 heterocycles. The molecule has 0 aliphatic carbocycles. The Labute approximate surface area is 114 Å². The average molecular weight is 272 g/mol. The van der Waals surface area contributed by atoms with Crippen LogP contribution in [0.1, 0.15) is 46.1 Å². The third kappa shape index (κ3) is 4.10. The van der Waals surface area contributed by atoms with Crippen molar-refractivity contribution in [3.63, 3.8) is 0 Å². The summed E-state index contributed by atoms with van der Waals surface area (Å²) in [4.78, 5) is 8.29. The zero-order chi connectivity index (χ0) is 13.8. The fourth-order valence-corrected chi connectivity index (χ4v) is 2.12. The SMILES string of the molecule is CCOC(C)(C)CNc1ncnc(Cl)c1C(C)C. The maximum absolute atomic E-state index is 6.11. The van der Waals surface area contributed by atoms with Crippen molar-refractivity contribution in [1.29, 1.82) is 0 Å². The van der Waals surface area contributed by atoms with Crippen LogP contribution in [-0.4, -0.2) is 28.7 Å². The number of halogens is 1. The molecule has 0 saturated carbocycles. The van der Waals surface area contributed by atoms with Crippen molar-refractivity contribution < 1.29 is 4.74 Å². The van der Waals surface area contributed by atoms with Gasteiger partial charge in [0.25, 0.3) is 0 Å². The second kappa shape index (κ2) is 6.34. The van der Waals surface area contributed by atoms with Crippen molar-refractivity contribution in [2.45, 2.75) is 46.1 Å². The molecule has 0 saturated heterocycles. The summed E-state index contributed by atoms with van der Waals surface area (Å²) in [5.74, 6) is 1.06. The Morgan fingerprint density at radius 3 is 2.61 bits per heavy atom. The highest BCUT2D eigenvalue weighted by Crippen LogP contribution is 2.28. The van der Waals surface area contributed by atoms with Crippen LogP contribution in [0.4, 0.5) is 5.82 Å². The molecule has 102 valence electrons. The van der Waals surface area contributed by atoms with E-state index in [1.54, 1.807) is 0 Å². The third-order valence-electron chi connectivity index (χ3n) is 2.63. The van der Waals surface area contributed by atoms with Crippen LogP contribution in [0.2, 0.25) is 5.15 Å². The maximum Gasteiger partial charge on any atom is 0.138 e. The Morgan fingerprint density at radius 1 is 1.39 bits per heavy atom. The van der Waals surface area contributed by atoms with Crippen LogP contribution >= 0.6 is 11.6 Å². The lowest BCUT2D eigenvalue weighted by Gasteiger charge is -2.26. The van der Waals surface area contributed by atoms with Gasteiger partial charge in [-0.15, -0.1) is 0 Å². The van der Waals surface area contributed by atoms with Crippen LogP contribution in [-0.2, 0) is 4.74 Å². The van der Waals surface area contributed by atoms with Gasteiger partial charge in [-0.25, -0.2) is 9.97 Å². The van der Waals surface area contributed by atoms with Gasteiger partial charge in [-0.2, -0.15) is 0 Å². The van der Waals surface area contributed by atoms with Crippen molar-refractivity contribution in [3.05, 3.63) is 17.0 Å². The average Bonchev–Trinajstić information content (AvgIpc) is 2.26. The van der Waals surface area contributed by atoms with Gasteiger partial charge in [0.2, 0.25) is 0 Å². The number of hydrogen-bond acceptors (Lipinski definition) is 4. The molecular weight excluding hydrogens is 250 g/mol. The number of ether oxygens (including phenoxy) is 1. The third-order valence-corrected chi connectivity index (χ3v) is 2.93. The molecule has 5 heteroatoms. The van der Waals surface area contributed by atoms with Crippen LogP contribution in [0.15, 0.2) is 6.33 Å². The molecule has 18 heavy (non-hydrogen) atoms. The second-order valence-corrected chi connectivity index (χ2v) is 5.49. The summed E-state index contributed by atoms with van der Waals surface area (Å²) in [5.41, 5.74) is 0.715. The Kier molecular flexibility index (Phi) is 5.35. The highest BCUT2D eigenvalue weighted by molar-refractivity contribution is 6.30. The van der Waals surface area contributed by atoms with Crippen LogP contribution in [0.3, 0.4) is 0 Å². The normalized spacial score (nSPS) is 11.9. The smallest absolute Gasteiger partial charge is 0.138 e. The minimum absolute atomic E-state index is 0.236. The summed E-state index contributed by atoms with van der Waals surface area (Å²) >= 11 is 6.11. The van der Waals surface area contributed by atoms with E-state index in [1.807, 2.05) is 20.8 Å². The predicted molar refractivity (Wildman–Crippen MR) is 75.3 cm³/mol. The number of rotatable bonds is 6. The number of aromatic nitrogens is 2. The van der Waals surface area contributed by atoms with E-state index < -0.39 is 0 Å². The molecule has 0 amide bonds. The zero-order valence-corrected chi connectivity index (χ0v) is 12.5.